The average Bonchev–Trinajstić information content (AvgIpc) is 2.66. The quantitative estimate of drug-likeness (QED) is 0.713. The van der Waals surface area contributed by atoms with E-state index in [1.807, 2.05) is 60.7 Å². The van der Waals surface area contributed by atoms with Gasteiger partial charge in [0.2, 0.25) is 0 Å². The van der Waals surface area contributed by atoms with Gasteiger partial charge in [0.05, 0.1) is 0 Å². The number of alkyl carbamates (subject to hydrolysis) is 1. The summed E-state index contributed by atoms with van der Waals surface area (Å²) in [6, 6.07) is 17.5. The van der Waals surface area contributed by atoms with E-state index in [9.17, 15) is 14.7 Å². The fraction of sp³-hybridized carbons (Fsp3) is 0.150. The van der Waals surface area contributed by atoms with E-state index in [1.54, 1.807) is 6.20 Å². The fourth-order valence-corrected chi connectivity index (χ4v) is 2.56. The molecule has 2 aromatic carbocycles. The van der Waals surface area contributed by atoms with Crippen LogP contribution in [0.3, 0.4) is 0 Å². The lowest BCUT2D eigenvalue weighted by Gasteiger charge is -2.14. The van der Waals surface area contributed by atoms with Gasteiger partial charge in [-0.3, -0.25) is 4.98 Å². The second-order valence-corrected chi connectivity index (χ2v) is 5.82. The Morgan fingerprint density at radius 2 is 1.73 bits per heavy atom. The summed E-state index contributed by atoms with van der Waals surface area (Å²) in [5, 5.41) is 13.7. The Bertz CT molecular complexity index is 912. The maximum Gasteiger partial charge on any atom is 0.408 e. The molecule has 6 nitrogen and oxygen atoms in total. The van der Waals surface area contributed by atoms with Crippen molar-refractivity contribution in [1.82, 2.24) is 10.3 Å². The van der Waals surface area contributed by atoms with Crippen LogP contribution in [0.4, 0.5) is 4.79 Å². The molecule has 0 aliphatic rings. The van der Waals surface area contributed by atoms with Crippen LogP contribution in [0.15, 0.2) is 66.9 Å². The smallest absolute Gasteiger partial charge is 0.408 e. The largest absolute Gasteiger partial charge is 0.480 e. The van der Waals surface area contributed by atoms with Gasteiger partial charge in [0, 0.05) is 23.7 Å². The number of aromatic nitrogens is 1. The zero-order valence-corrected chi connectivity index (χ0v) is 14.0. The Labute approximate surface area is 150 Å². The summed E-state index contributed by atoms with van der Waals surface area (Å²) >= 11 is 0. The van der Waals surface area contributed by atoms with E-state index in [1.165, 1.54) is 0 Å². The summed E-state index contributed by atoms with van der Waals surface area (Å²) in [4.78, 5) is 27.7. The maximum absolute atomic E-state index is 11.9. The highest BCUT2D eigenvalue weighted by atomic mass is 16.5. The number of hydrogen-bond donors (Lipinski definition) is 2. The normalized spacial score (nSPS) is 11.7. The number of carbonyl (C=O) groups is 2. The molecule has 0 saturated carbocycles. The van der Waals surface area contributed by atoms with Crippen LogP contribution in [-0.2, 0) is 22.6 Å². The number of nitrogens with one attached hydrogen (secondary N) is 1. The topological polar surface area (TPSA) is 88.5 Å². The number of carboxylic acids is 1. The molecule has 0 fully saturated rings. The molecule has 0 aliphatic carbocycles. The van der Waals surface area contributed by atoms with Crippen LogP contribution in [0, 0.1) is 0 Å². The molecule has 1 amide bonds. The third-order valence-corrected chi connectivity index (χ3v) is 3.90. The molecule has 0 spiro atoms. The molecule has 132 valence electrons. The van der Waals surface area contributed by atoms with Crippen LogP contribution in [0.25, 0.3) is 10.8 Å². The van der Waals surface area contributed by atoms with Crippen molar-refractivity contribution in [2.24, 2.45) is 0 Å². The average molecular weight is 350 g/mol. The van der Waals surface area contributed by atoms with E-state index < -0.39 is 18.1 Å². The lowest BCUT2D eigenvalue weighted by Crippen LogP contribution is -2.42. The number of carbonyl (C=O) groups excluding carboxylic acids is 1. The van der Waals surface area contributed by atoms with Gasteiger partial charge < -0.3 is 15.2 Å². The Hall–Kier alpha value is -3.41. The number of nitrogens with zero attached hydrogens (tertiary/aromatic N) is 1. The minimum atomic E-state index is -1.14. The predicted octanol–water partition coefficient (Wildman–Crippen LogP) is 3.16. The second kappa shape index (κ2) is 8.11. The second-order valence-electron chi connectivity index (χ2n) is 5.82. The summed E-state index contributed by atoms with van der Waals surface area (Å²) in [6.45, 7) is 0.0766. The molecule has 3 rings (SSSR count). The molecule has 0 aliphatic heterocycles. The van der Waals surface area contributed by atoms with Crippen molar-refractivity contribution in [2.45, 2.75) is 19.1 Å². The third-order valence-electron chi connectivity index (χ3n) is 3.90. The van der Waals surface area contributed by atoms with E-state index >= 15 is 0 Å². The number of carboxylic acid groups (broad SMARTS) is 1. The van der Waals surface area contributed by atoms with E-state index in [-0.39, 0.29) is 13.0 Å². The van der Waals surface area contributed by atoms with Crippen molar-refractivity contribution >= 4 is 22.8 Å². The van der Waals surface area contributed by atoms with Crippen LogP contribution in [0.1, 0.15) is 11.3 Å². The van der Waals surface area contributed by atoms with Gasteiger partial charge in [-0.25, -0.2) is 9.59 Å². The summed E-state index contributed by atoms with van der Waals surface area (Å²) in [6.07, 6.45) is 0.986. The summed E-state index contributed by atoms with van der Waals surface area (Å²) in [7, 11) is 0. The summed E-state index contributed by atoms with van der Waals surface area (Å²) in [5.41, 5.74) is 1.41. The van der Waals surface area contributed by atoms with Gasteiger partial charge in [0.15, 0.2) is 0 Å². The Morgan fingerprint density at radius 1 is 1.04 bits per heavy atom. The van der Waals surface area contributed by atoms with Crippen molar-refractivity contribution in [3.63, 3.8) is 0 Å². The standard InChI is InChI=1S/C20H18N2O4/c23-19(24)18(22-20(25)26-13-14-6-2-1-3-7-14)11-17-10-15-8-4-5-9-16(15)12-21-17/h1-10,12,18H,11,13H2,(H,22,25)(H,23,24)/t18-/m1/s1. The predicted molar refractivity (Wildman–Crippen MR) is 96.6 cm³/mol. The molecule has 1 atom stereocenters. The molecule has 6 heteroatoms. The molecule has 2 N–H and O–H groups in total. The Morgan fingerprint density at radius 3 is 2.46 bits per heavy atom. The molecular weight excluding hydrogens is 332 g/mol. The van der Waals surface area contributed by atoms with Gasteiger partial charge in [0.25, 0.3) is 0 Å². The van der Waals surface area contributed by atoms with Crippen LogP contribution in [0.5, 0.6) is 0 Å². The maximum atomic E-state index is 11.9. The highest BCUT2D eigenvalue weighted by Gasteiger charge is 2.22. The molecule has 0 saturated heterocycles. The summed E-state index contributed by atoms with van der Waals surface area (Å²) < 4.78 is 5.08. The number of ether oxygens (including phenoxy) is 1. The van der Waals surface area contributed by atoms with Gasteiger partial charge in [-0.1, -0.05) is 54.6 Å². The van der Waals surface area contributed by atoms with Crippen molar-refractivity contribution < 1.29 is 19.4 Å². The van der Waals surface area contributed by atoms with E-state index in [2.05, 4.69) is 10.3 Å². The number of benzene rings is 2. The van der Waals surface area contributed by atoms with Crippen LogP contribution in [-0.4, -0.2) is 28.2 Å². The van der Waals surface area contributed by atoms with Gasteiger partial charge in [-0.2, -0.15) is 0 Å². The number of amides is 1. The highest BCUT2D eigenvalue weighted by Crippen LogP contribution is 2.14. The van der Waals surface area contributed by atoms with Gasteiger partial charge >= 0.3 is 12.1 Å². The lowest BCUT2D eigenvalue weighted by molar-refractivity contribution is -0.139. The van der Waals surface area contributed by atoms with E-state index in [0.717, 1.165) is 16.3 Å². The minimum absolute atomic E-state index is 0.0700. The van der Waals surface area contributed by atoms with Crippen LogP contribution < -0.4 is 5.32 Å². The third kappa shape index (κ3) is 4.57. The molecular formula is C20H18N2O4. The number of pyridine rings is 1. The lowest BCUT2D eigenvalue weighted by atomic mass is 10.1. The first-order chi connectivity index (χ1) is 12.6. The molecule has 0 radical (unpaired) electrons. The first-order valence-corrected chi connectivity index (χ1v) is 8.15. The molecule has 1 heterocycles. The SMILES string of the molecule is O=C(N[C@H](Cc1cc2ccccc2cn1)C(=O)O)OCc1ccccc1. The van der Waals surface area contributed by atoms with E-state index in [4.69, 9.17) is 4.74 Å². The van der Waals surface area contributed by atoms with Gasteiger partial charge in [0.1, 0.15) is 12.6 Å². The zero-order valence-electron chi connectivity index (χ0n) is 14.0. The highest BCUT2D eigenvalue weighted by molar-refractivity contribution is 5.83. The van der Waals surface area contributed by atoms with Crippen molar-refractivity contribution in [1.29, 1.82) is 0 Å². The van der Waals surface area contributed by atoms with Gasteiger partial charge in [-0.05, 0) is 17.0 Å². The minimum Gasteiger partial charge on any atom is -0.480 e. The van der Waals surface area contributed by atoms with E-state index in [0.29, 0.717) is 5.69 Å². The Kier molecular flexibility index (Phi) is 5.43. The van der Waals surface area contributed by atoms with Crippen LogP contribution in [0.2, 0.25) is 0 Å². The molecule has 3 aromatic rings. The van der Waals surface area contributed by atoms with Gasteiger partial charge in [-0.15, -0.1) is 0 Å². The number of rotatable bonds is 6. The first kappa shape index (κ1) is 17.4. The number of hydrogen-bond acceptors (Lipinski definition) is 4. The molecule has 1 aromatic heterocycles. The number of fused-ring (bicyclic) bond motifs is 1. The van der Waals surface area contributed by atoms with Crippen molar-refractivity contribution in [3.8, 4) is 0 Å². The van der Waals surface area contributed by atoms with Crippen LogP contribution >= 0.6 is 0 Å². The summed E-state index contributed by atoms with van der Waals surface area (Å²) in [5.74, 6) is -1.14. The van der Waals surface area contributed by atoms with Crippen molar-refractivity contribution in [3.05, 3.63) is 78.1 Å². The molecule has 0 unspecified atom stereocenters. The Balaban J connectivity index is 1.62. The molecule has 26 heavy (non-hydrogen) atoms. The monoisotopic (exact) mass is 350 g/mol. The zero-order chi connectivity index (χ0) is 18.4. The fourth-order valence-electron chi connectivity index (χ4n) is 2.56. The molecule has 0 bridgehead atoms. The number of aliphatic carboxylic acids is 1. The van der Waals surface area contributed by atoms with Crippen molar-refractivity contribution in [2.75, 3.05) is 0 Å². The first-order valence-electron chi connectivity index (χ1n) is 8.15.